The Hall–Kier alpha value is -3.22. The molecule has 0 spiro atoms. The van der Waals surface area contributed by atoms with Gasteiger partial charge in [0.1, 0.15) is 5.69 Å². The number of hydrogen-bond acceptors (Lipinski definition) is 3. The van der Waals surface area contributed by atoms with Crippen molar-refractivity contribution in [3.63, 3.8) is 0 Å². The molecule has 25 heavy (non-hydrogen) atoms. The molecular formula is C18H10F3N3O. The largest absolute Gasteiger partial charge is 0.416 e. The van der Waals surface area contributed by atoms with E-state index in [2.05, 4.69) is 15.0 Å². The number of pyridine rings is 1. The number of hydrogen-bond donors (Lipinski definition) is 1. The van der Waals surface area contributed by atoms with Crippen LogP contribution in [-0.4, -0.2) is 15.0 Å². The highest BCUT2D eigenvalue weighted by Gasteiger charge is 2.30. The van der Waals surface area contributed by atoms with Gasteiger partial charge in [-0.15, -0.1) is 0 Å². The molecule has 0 radical (unpaired) electrons. The van der Waals surface area contributed by atoms with E-state index in [4.69, 9.17) is 0 Å². The van der Waals surface area contributed by atoms with Crippen molar-refractivity contribution < 1.29 is 13.2 Å². The summed E-state index contributed by atoms with van der Waals surface area (Å²) >= 11 is 0. The monoisotopic (exact) mass is 341 g/mol. The third-order valence-corrected chi connectivity index (χ3v) is 3.87. The van der Waals surface area contributed by atoms with Crippen LogP contribution < -0.4 is 5.56 Å². The van der Waals surface area contributed by atoms with Crippen LogP contribution in [0.15, 0.2) is 59.4 Å². The van der Waals surface area contributed by atoms with Crippen molar-refractivity contribution in [3.05, 3.63) is 70.5 Å². The van der Waals surface area contributed by atoms with Crippen molar-refractivity contribution in [1.29, 1.82) is 0 Å². The third-order valence-electron chi connectivity index (χ3n) is 3.87. The Labute approximate surface area is 139 Å². The molecule has 4 nitrogen and oxygen atoms in total. The normalized spacial score (nSPS) is 12.0. The lowest BCUT2D eigenvalue weighted by Crippen LogP contribution is -2.12. The van der Waals surface area contributed by atoms with E-state index in [0.29, 0.717) is 5.69 Å². The fourth-order valence-corrected chi connectivity index (χ4v) is 2.63. The SMILES string of the molecule is O=c1[nH]c(-c2ccc3ccccc3n2)nc2ccc(C(F)(F)F)cc12. The molecule has 0 bridgehead atoms. The third kappa shape index (κ3) is 2.73. The topological polar surface area (TPSA) is 58.6 Å². The second-order valence-electron chi connectivity index (χ2n) is 5.53. The Balaban J connectivity index is 1.89. The van der Waals surface area contributed by atoms with Crippen molar-refractivity contribution >= 4 is 21.8 Å². The summed E-state index contributed by atoms with van der Waals surface area (Å²) in [6.07, 6.45) is -4.51. The molecule has 2 aromatic heterocycles. The molecule has 0 aliphatic rings. The van der Waals surface area contributed by atoms with Crippen molar-refractivity contribution in [2.24, 2.45) is 0 Å². The van der Waals surface area contributed by atoms with Crippen LogP contribution in [0, 0.1) is 0 Å². The van der Waals surface area contributed by atoms with Gasteiger partial charge in [-0.2, -0.15) is 13.2 Å². The van der Waals surface area contributed by atoms with Crippen molar-refractivity contribution in [2.45, 2.75) is 6.18 Å². The maximum Gasteiger partial charge on any atom is 0.416 e. The molecule has 124 valence electrons. The number of nitrogens with zero attached hydrogens (tertiary/aromatic N) is 2. The van der Waals surface area contributed by atoms with Gasteiger partial charge < -0.3 is 4.98 Å². The molecule has 0 atom stereocenters. The number of benzene rings is 2. The second kappa shape index (κ2) is 5.41. The lowest BCUT2D eigenvalue weighted by atomic mass is 10.1. The van der Waals surface area contributed by atoms with E-state index in [1.54, 1.807) is 6.07 Å². The number of nitrogens with one attached hydrogen (secondary N) is 1. The quantitative estimate of drug-likeness (QED) is 0.566. The van der Waals surface area contributed by atoms with Crippen LogP contribution in [0.4, 0.5) is 13.2 Å². The first kappa shape index (κ1) is 15.3. The number of fused-ring (bicyclic) bond motifs is 2. The van der Waals surface area contributed by atoms with Crippen LogP contribution in [0.25, 0.3) is 33.3 Å². The minimum absolute atomic E-state index is 0.112. The van der Waals surface area contributed by atoms with Gasteiger partial charge in [0.2, 0.25) is 0 Å². The molecule has 4 rings (SSSR count). The fraction of sp³-hybridized carbons (Fsp3) is 0.0556. The summed E-state index contributed by atoms with van der Waals surface area (Å²) in [5.41, 5.74) is -0.167. The van der Waals surface area contributed by atoms with E-state index in [1.165, 1.54) is 6.07 Å². The molecule has 0 saturated heterocycles. The summed E-state index contributed by atoms with van der Waals surface area (Å²) in [5.74, 6) is 0.211. The maximum atomic E-state index is 12.8. The first-order valence-electron chi connectivity index (χ1n) is 7.39. The van der Waals surface area contributed by atoms with Gasteiger partial charge in [-0.05, 0) is 30.3 Å². The molecule has 7 heteroatoms. The molecule has 2 aromatic carbocycles. The molecule has 1 N–H and O–H groups in total. The van der Waals surface area contributed by atoms with E-state index >= 15 is 0 Å². The summed E-state index contributed by atoms with van der Waals surface area (Å²) in [5, 5.41) is 0.823. The predicted molar refractivity (Wildman–Crippen MR) is 88.1 cm³/mol. The highest BCUT2D eigenvalue weighted by molar-refractivity contribution is 5.82. The van der Waals surface area contributed by atoms with Gasteiger partial charge >= 0.3 is 6.18 Å². The molecule has 0 unspecified atom stereocenters. The van der Waals surface area contributed by atoms with E-state index < -0.39 is 17.3 Å². The highest BCUT2D eigenvalue weighted by atomic mass is 19.4. The average Bonchev–Trinajstić information content (AvgIpc) is 2.60. The lowest BCUT2D eigenvalue weighted by Gasteiger charge is -2.08. The average molecular weight is 341 g/mol. The molecule has 0 aliphatic heterocycles. The van der Waals surface area contributed by atoms with Crippen LogP contribution in [0.1, 0.15) is 5.56 Å². The molecule has 4 aromatic rings. The number of halogens is 3. The van der Waals surface area contributed by atoms with Crippen LogP contribution in [0.3, 0.4) is 0 Å². The zero-order chi connectivity index (χ0) is 17.6. The summed E-state index contributed by atoms with van der Waals surface area (Å²) in [6, 6.07) is 13.9. The Kier molecular flexibility index (Phi) is 3.31. The van der Waals surface area contributed by atoms with Crippen LogP contribution in [0.2, 0.25) is 0 Å². The smallest absolute Gasteiger partial charge is 0.305 e. The van der Waals surface area contributed by atoms with Gasteiger partial charge in [0.15, 0.2) is 5.82 Å². The van der Waals surface area contributed by atoms with E-state index in [-0.39, 0.29) is 16.7 Å². The number of rotatable bonds is 1. The Morgan fingerprint density at radius 1 is 0.880 bits per heavy atom. The highest BCUT2D eigenvalue weighted by Crippen LogP contribution is 2.30. The second-order valence-corrected chi connectivity index (χ2v) is 5.53. The van der Waals surface area contributed by atoms with E-state index in [9.17, 15) is 18.0 Å². The van der Waals surface area contributed by atoms with Crippen molar-refractivity contribution in [3.8, 4) is 11.5 Å². The predicted octanol–water partition coefficient (Wildman–Crippen LogP) is 4.16. The van der Waals surface area contributed by atoms with Crippen molar-refractivity contribution in [2.75, 3.05) is 0 Å². The Bertz CT molecular complexity index is 1170. The maximum absolute atomic E-state index is 12.8. The molecule has 0 aliphatic carbocycles. The number of H-pyrrole nitrogens is 1. The Morgan fingerprint density at radius 3 is 2.48 bits per heavy atom. The van der Waals surface area contributed by atoms with Gasteiger partial charge in [-0.25, -0.2) is 9.97 Å². The van der Waals surface area contributed by atoms with Crippen LogP contribution in [-0.2, 0) is 6.18 Å². The van der Waals surface area contributed by atoms with E-state index in [1.807, 2.05) is 30.3 Å². The fourth-order valence-electron chi connectivity index (χ4n) is 2.63. The standard InChI is InChI=1S/C18H10F3N3O/c19-18(20,21)11-6-8-14-12(9-11)17(25)24-16(23-14)15-7-5-10-3-1-2-4-13(10)22-15/h1-9H,(H,23,24,25). The van der Waals surface area contributed by atoms with Gasteiger partial charge in [0, 0.05) is 5.39 Å². The molecular weight excluding hydrogens is 331 g/mol. The summed E-state index contributed by atoms with van der Waals surface area (Å²) in [7, 11) is 0. The first-order chi connectivity index (χ1) is 11.9. The van der Waals surface area contributed by atoms with Gasteiger partial charge in [0.25, 0.3) is 5.56 Å². The number of aromatic amines is 1. The lowest BCUT2D eigenvalue weighted by molar-refractivity contribution is -0.137. The minimum atomic E-state index is -4.51. The van der Waals surface area contributed by atoms with Crippen molar-refractivity contribution in [1.82, 2.24) is 15.0 Å². The zero-order valence-corrected chi connectivity index (χ0v) is 12.6. The summed E-state index contributed by atoms with van der Waals surface area (Å²) < 4.78 is 38.4. The van der Waals surface area contributed by atoms with Gasteiger partial charge in [-0.1, -0.05) is 24.3 Å². The van der Waals surface area contributed by atoms with Gasteiger partial charge in [0.05, 0.1) is 22.0 Å². The molecule has 0 saturated carbocycles. The first-order valence-corrected chi connectivity index (χ1v) is 7.39. The number of aromatic nitrogens is 3. The molecule has 0 amide bonds. The number of alkyl halides is 3. The number of para-hydroxylation sites is 1. The Morgan fingerprint density at radius 2 is 1.68 bits per heavy atom. The van der Waals surface area contributed by atoms with E-state index in [0.717, 1.165) is 23.0 Å². The van der Waals surface area contributed by atoms with Crippen LogP contribution in [0.5, 0.6) is 0 Å². The zero-order valence-electron chi connectivity index (χ0n) is 12.6. The molecule has 0 fully saturated rings. The molecule has 2 heterocycles. The van der Waals surface area contributed by atoms with Crippen LogP contribution >= 0.6 is 0 Å². The summed E-state index contributed by atoms with van der Waals surface area (Å²) in [4.78, 5) is 23.4. The van der Waals surface area contributed by atoms with Gasteiger partial charge in [-0.3, -0.25) is 4.79 Å². The minimum Gasteiger partial charge on any atom is -0.305 e. The summed E-state index contributed by atoms with van der Waals surface area (Å²) in [6.45, 7) is 0.